The van der Waals surface area contributed by atoms with Crippen molar-refractivity contribution in [3.05, 3.63) is 99.3 Å². The fourth-order valence-corrected chi connectivity index (χ4v) is 3.43. The van der Waals surface area contributed by atoms with Gasteiger partial charge in [0.15, 0.2) is 0 Å². The molecule has 0 bridgehead atoms. The van der Waals surface area contributed by atoms with Gasteiger partial charge < -0.3 is 10.1 Å². The molecule has 1 amide bonds. The summed E-state index contributed by atoms with van der Waals surface area (Å²) < 4.78 is 19.4. The number of nitrogens with zero attached hydrogens (tertiary/aromatic N) is 1. The highest BCUT2D eigenvalue weighted by Gasteiger charge is 2.12. The van der Waals surface area contributed by atoms with Crippen LogP contribution < -0.4 is 10.1 Å². The van der Waals surface area contributed by atoms with Crippen molar-refractivity contribution in [3.63, 3.8) is 0 Å². The summed E-state index contributed by atoms with van der Waals surface area (Å²) in [6.07, 6.45) is 2.30. The number of nitriles is 1. The summed E-state index contributed by atoms with van der Waals surface area (Å²) >= 11 is 3.46. The lowest BCUT2D eigenvalue weighted by molar-refractivity contribution is -0.112. The molecule has 0 spiro atoms. The molecule has 6 heteroatoms. The highest BCUT2D eigenvalue weighted by Crippen LogP contribution is 2.28. The predicted octanol–water partition coefficient (Wildman–Crippen LogP) is 6.28. The minimum atomic E-state index is -0.462. The van der Waals surface area contributed by atoms with Gasteiger partial charge in [0.1, 0.15) is 29.8 Å². The van der Waals surface area contributed by atoms with E-state index in [1.165, 1.54) is 18.2 Å². The number of amides is 1. The van der Waals surface area contributed by atoms with Crippen LogP contribution in [0.3, 0.4) is 0 Å². The Kier molecular flexibility index (Phi) is 7.58. The number of carbonyl (C=O) groups excluding carboxylic acids is 1. The number of halogens is 2. The Morgan fingerprint density at radius 1 is 1.16 bits per heavy atom. The van der Waals surface area contributed by atoms with Gasteiger partial charge in [0.2, 0.25) is 0 Å². The molecule has 0 atom stereocenters. The van der Waals surface area contributed by atoms with E-state index >= 15 is 0 Å². The summed E-state index contributed by atoms with van der Waals surface area (Å²) in [6.45, 7) is 2.29. The Morgan fingerprint density at radius 3 is 2.58 bits per heavy atom. The summed E-state index contributed by atoms with van der Waals surface area (Å²) in [6, 6.07) is 20.8. The quantitative estimate of drug-likeness (QED) is 0.321. The molecular formula is C25H20BrFN2O2. The number of rotatable bonds is 7. The lowest BCUT2D eigenvalue weighted by Gasteiger charge is -2.10. The zero-order valence-corrected chi connectivity index (χ0v) is 18.4. The van der Waals surface area contributed by atoms with Crippen LogP contribution in [-0.2, 0) is 17.8 Å². The molecule has 0 aromatic heterocycles. The highest BCUT2D eigenvalue weighted by molar-refractivity contribution is 9.10. The molecule has 0 aliphatic carbocycles. The van der Waals surface area contributed by atoms with Crippen LogP contribution in [0.2, 0.25) is 0 Å². The van der Waals surface area contributed by atoms with Gasteiger partial charge in [0.25, 0.3) is 5.91 Å². The van der Waals surface area contributed by atoms with E-state index < -0.39 is 5.91 Å². The molecule has 31 heavy (non-hydrogen) atoms. The number of para-hydroxylation sites is 1. The molecule has 3 aromatic carbocycles. The average Bonchev–Trinajstić information content (AvgIpc) is 2.78. The van der Waals surface area contributed by atoms with Gasteiger partial charge in [-0.3, -0.25) is 4.79 Å². The summed E-state index contributed by atoms with van der Waals surface area (Å²) in [7, 11) is 0. The van der Waals surface area contributed by atoms with Gasteiger partial charge in [-0.15, -0.1) is 0 Å². The number of benzene rings is 3. The molecule has 4 nitrogen and oxygen atoms in total. The minimum Gasteiger partial charge on any atom is -0.488 e. The molecule has 0 aliphatic rings. The number of hydrogen-bond acceptors (Lipinski definition) is 3. The van der Waals surface area contributed by atoms with Crippen molar-refractivity contribution in [2.75, 3.05) is 5.32 Å². The van der Waals surface area contributed by atoms with Crippen molar-refractivity contribution in [2.45, 2.75) is 20.0 Å². The number of carbonyl (C=O) groups is 1. The molecule has 0 aliphatic heterocycles. The summed E-state index contributed by atoms with van der Waals surface area (Å²) in [5.74, 6) is -0.158. The average molecular weight is 479 g/mol. The van der Waals surface area contributed by atoms with Crippen LogP contribution in [0.25, 0.3) is 6.08 Å². The molecule has 0 unspecified atom stereocenters. The Morgan fingerprint density at radius 2 is 1.90 bits per heavy atom. The van der Waals surface area contributed by atoms with Crippen LogP contribution in [0.15, 0.2) is 76.8 Å². The molecule has 0 saturated carbocycles. The molecular weight excluding hydrogens is 459 g/mol. The van der Waals surface area contributed by atoms with Crippen LogP contribution in [0.5, 0.6) is 5.75 Å². The van der Waals surface area contributed by atoms with Crippen LogP contribution in [0, 0.1) is 17.1 Å². The van der Waals surface area contributed by atoms with Gasteiger partial charge in [0, 0.05) is 5.69 Å². The smallest absolute Gasteiger partial charge is 0.266 e. The Hall–Kier alpha value is -3.43. The molecule has 0 fully saturated rings. The van der Waals surface area contributed by atoms with Crippen molar-refractivity contribution in [1.82, 2.24) is 0 Å². The third kappa shape index (κ3) is 6.03. The lowest BCUT2D eigenvalue weighted by Crippen LogP contribution is -2.14. The van der Waals surface area contributed by atoms with E-state index in [1.54, 1.807) is 30.3 Å². The first-order valence-electron chi connectivity index (χ1n) is 9.68. The van der Waals surface area contributed by atoms with Gasteiger partial charge >= 0.3 is 0 Å². The van der Waals surface area contributed by atoms with Gasteiger partial charge in [-0.2, -0.15) is 5.26 Å². The first kappa shape index (κ1) is 22.3. The van der Waals surface area contributed by atoms with Crippen LogP contribution >= 0.6 is 15.9 Å². The van der Waals surface area contributed by atoms with Crippen molar-refractivity contribution in [3.8, 4) is 11.8 Å². The van der Waals surface area contributed by atoms with Crippen molar-refractivity contribution in [1.29, 1.82) is 5.26 Å². The van der Waals surface area contributed by atoms with Crippen LogP contribution in [-0.4, -0.2) is 5.91 Å². The maximum atomic E-state index is 13.0. The monoisotopic (exact) mass is 478 g/mol. The second kappa shape index (κ2) is 10.6. The number of hydrogen-bond donors (Lipinski definition) is 1. The molecule has 0 saturated heterocycles. The van der Waals surface area contributed by atoms with Crippen molar-refractivity contribution in [2.24, 2.45) is 0 Å². The largest absolute Gasteiger partial charge is 0.488 e. The van der Waals surface area contributed by atoms with E-state index in [1.807, 2.05) is 37.3 Å². The lowest BCUT2D eigenvalue weighted by atomic mass is 10.1. The number of anilines is 1. The fourth-order valence-electron chi connectivity index (χ4n) is 2.92. The van der Waals surface area contributed by atoms with Crippen LogP contribution in [0.1, 0.15) is 23.6 Å². The van der Waals surface area contributed by atoms with Crippen LogP contribution in [0.4, 0.5) is 10.1 Å². The predicted molar refractivity (Wildman–Crippen MR) is 123 cm³/mol. The van der Waals surface area contributed by atoms with Gasteiger partial charge in [-0.25, -0.2) is 4.39 Å². The zero-order chi connectivity index (χ0) is 22.2. The Balaban J connectivity index is 1.72. The van der Waals surface area contributed by atoms with Gasteiger partial charge in [0.05, 0.1) is 4.47 Å². The first-order chi connectivity index (χ1) is 15.0. The first-order valence-corrected chi connectivity index (χ1v) is 10.5. The van der Waals surface area contributed by atoms with Gasteiger partial charge in [-0.1, -0.05) is 43.3 Å². The normalized spacial score (nSPS) is 11.0. The van der Waals surface area contributed by atoms with Crippen molar-refractivity contribution < 1.29 is 13.9 Å². The van der Waals surface area contributed by atoms with E-state index in [2.05, 4.69) is 21.2 Å². The third-order valence-corrected chi connectivity index (χ3v) is 5.21. The molecule has 0 radical (unpaired) electrons. The second-order valence-corrected chi connectivity index (χ2v) is 7.59. The summed E-state index contributed by atoms with van der Waals surface area (Å²) in [5, 5.41) is 12.3. The maximum Gasteiger partial charge on any atom is 0.266 e. The van der Waals surface area contributed by atoms with E-state index in [4.69, 9.17) is 4.74 Å². The minimum absolute atomic E-state index is 0.00205. The third-order valence-electron chi connectivity index (χ3n) is 4.59. The molecule has 156 valence electrons. The zero-order valence-electron chi connectivity index (χ0n) is 16.9. The number of aryl methyl sites for hydroxylation is 1. The van der Waals surface area contributed by atoms with E-state index in [0.717, 1.165) is 17.5 Å². The molecule has 3 aromatic rings. The second-order valence-electron chi connectivity index (χ2n) is 6.74. The summed E-state index contributed by atoms with van der Waals surface area (Å²) in [5.41, 5.74) is 3.21. The fraction of sp³-hybridized carbons (Fsp3) is 0.120. The SMILES string of the molecule is CCc1ccccc1NC(=O)/C(C#N)=C/c1ccc(OCc2ccc(F)cc2)c(Br)c1. The van der Waals surface area contributed by atoms with E-state index in [0.29, 0.717) is 21.5 Å². The number of ether oxygens (including phenoxy) is 1. The topological polar surface area (TPSA) is 62.1 Å². The van der Waals surface area contributed by atoms with E-state index in [9.17, 15) is 14.4 Å². The molecule has 1 N–H and O–H groups in total. The number of nitrogens with one attached hydrogen (secondary N) is 1. The Bertz CT molecular complexity index is 1150. The van der Waals surface area contributed by atoms with Gasteiger partial charge in [-0.05, 0) is 75.4 Å². The Labute approximate surface area is 189 Å². The molecule has 0 heterocycles. The van der Waals surface area contributed by atoms with E-state index in [-0.39, 0.29) is 18.0 Å². The molecule has 3 rings (SSSR count). The standard InChI is InChI=1S/C25H20BrFN2O2/c1-2-19-5-3-4-6-23(19)29-25(30)20(15-28)13-18-9-12-24(22(26)14-18)31-16-17-7-10-21(27)11-8-17/h3-14H,2,16H2,1H3,(H,29,30)/b20-13+. The highest BCUT2D eigenvalue weighted by atomic mass is 79.9. The maximum absolute atomic E-state index is 13.0. The summed E-state index contributed by atoms with van der Waals surface area (Å²) in [4.78, 5) is 12.6. The van der Waals surface area contributed by atoms with Crippen molar-refractivity contribution >= 4 is 33.6 Å².